The Kier molecular flexibility index (Phi) is 3.78. The van der Waals surface area contributed by atoms with Crippen molar-refractivity contribution in [3.8, 4) is 0 Å². The third-order valence-corrected chi connectivity index (χ3v) is 3.93. The highest BCUT2D eigenvalue weighted by Crippen LogP contribution is 2.19. The molecule has 0 unspecified atom stereocenters. The lowest BCUT2D eigenvalue weighted by Gasteiger charge is -2.06. The van der Waals surface area contributed by atoms with Gasteiger partial charge in [-0.1, -0.05) is 49.2 Å². The summed E-state index contributed by atoms with van der Waals surface area (Å²) in [5, 5.41) is 0. The van der Waals surface area contributed by atoms with Crippen LogP contribution in [0.1, 0.15) is 41.4 Å². The van der Waals surface area contributed by atoms with Crippen molar-refractivity contribution in [1.82, 2.24) is 9.38 Å². The van der Waals surface area contributed by atoms with Gasteiger partial charge in [-0.3, -0.25) is 0 Å². The number of nitrogens with zero attached hydrogens (tertiary/aromatic N) is 2. The first-order valence-corrected chi connectivity index (χ1v) is 7.69. The molecule has 0 aliphatic rings. The number of hydrogen-bond acceptors (Lipinski definition) is 1. The van der Waals surface area contributed by atoms with Crippen molar-refractivity contribution in [2.75, 3.05) is 0 Å². The lowest BCUT2D eigenvalue weighted by molar-refractivity contribution is 0.866. The van der Waals surface area contributed by atoms with E-state index in [1.54, 1.807) is 0 Å². The van der Waals surface area contributed by atoms with E-state index >= 15 is 0 Å². The summed E-state index contributed by atoms with van der Waals surface area (Å²) in [7, 11) is 0. The summed E-state index contributed by atoms with van der Waals surface area (Å²) >= 11 is 0. The van der Waals surface area contributed by atoms with Gasteiger partial charge in [0.2, 0.25) is 0 Å². The molecule has 0 saturated heterocycles. The molecule has 0 bridgehead atoms. The van der Waals surface area contributed by atoms with Crippen molar-refractivity contribution in [1.29, 1.82) is 0 Å². The minimum atomic E-state index is 0.945. The summed E-state index contributed by atoms with van der Waals surface area (Å²) in [6.45, 7) is 6.48. The Morgan fingerprint density at radius 1 is 0.952 bits per heavy atom. The molecule has 0 amide bonds. The first-order valence-electron chi connectivity index (χ1n) is 7.69. The van der Waals surface area contributed by atoms with E-state index in [1.165, 1.54) is 28.1 Å². The number of hydrogen-bond donors (Lipinski definition) is 0. The van der Waals surface area contributed by atoms with Gasteiger partial charge < -0.3 is 4.40 Å². The fraction of sp³-hybridized carbons (Fsp3) is 0.316. The van der Waals surface area contributed by atoms with Crippen LogP contribution < -0.4 is 0 Å². The highest BCUT2D eigenvalue weighted by molar-refractivity contribution is 5.46. The van der Waals surface area contributed by atoms with Crippen LogP contribution in [0.5, 0.6) is 0 Å². The molecule has 2 nitrogen and oxygen atoms in total. The first kappa shape index (κ1) is 13.9. The molecule has 2 heterocycles. The molecule has 1 aromatic carbocycles. The third kappa shape index (κ3) is 2.85. The van der Waals surface area contributed by atoms with Gasteiger partial charge in [0.1, 0.15) is 5.65 Å². The van der Waals surface area contributed by atoms with Crippen LogP contribution in [0.2, 0.25) is 0 Å². The van der Waals surface area contributed by atoms with Gasteiger partial charge in [0.05, 0.1) is 11.4 Å². The number of aromatic nitrogens is 2. The van der Waals surface area contributed by atoms with Crippen LogP contribution in [0.25, 0.3) is 5.65 Å². The fourth-order valence-electron chi connectivity index (χ4n) is 2.77. The van der Waals surface area contributed by atoms with E-state index < -0.39 is 0 Å². The molecule has 3 rings (SSSR count). The lowest BCUT2D eigenvalue weighted by atomic mass is 10.1. The Labute approximate surface area is 126 Å². The van der Waals surface area contributed by atoms with Crippen LogP contribution in [0, 0.1) is 13.8 Å². The van der Waals surface area contributed by atoms with Crippen molar-refractivity contribution in [2.45, 2.75) is 40.0 Å². The van der Waals surface area contributed by atoms with Crippen LogP contribution in [-0.4, -0.2) is 9.38 Å². The Balaban J connectivity index is 2.07. The van der Waals surface area contributed by atoms with Crippen molar-refractivity contribution in [2.24, 2.45) is 0 Å². The maximum absolute atomic E-state index is 4.82. The van der Waals surface area contributed by atoms with Gasteiger partial charge >= 0.3 is 0 Å². The molecular formula is C19H22N2. The molecule has 0 spiro atoms. The highest BCUT2D eigenvalue weighted by Gasteiger charge is 2.12. The van der Waals surface area contributed by atoms with E-state index in [-0.39, 0.29) is 0 Å². The van der Waals surface area contributed by atoms with E-state index in [2.05, 4.69) is 67.8 Å². The number of benzene rings is 1. The summed E-state index contributed by atoms with van der Waals surface area (Å²) in [4.78, 5) is 4.82. The Morgan fingerprint density at radius 3 is 2.38 bits per heavy atom. The van der Waals surface area contributed by atoms with E-state index in [0.29, 0.717) is 0 Å². The molecule has 0 fully saturated rings. The van der Waals surface area contributed by atoms with Crippen molar-refractivity contribution in [3.05, 3.63) is 70.7 Å². The van der Waals surface area contributed by atoms with Gasteiger partial charge in [-0.05, 0) is 37.5 Å². The van der Waals surface area contributed by atoms with E-state index in [4.69, 9.17) is 4.98 Å². The smallest absolute Gasteiger partial charge is 0.137 e. The molecule has 0 atom stereocenters. The average Bonchev–Trinajstić information content (AvgIpc) is 2.79. The van der Waals surface area contributed by atoms with Crippen molar-refractivity contribution < 1.29 is 0 Å². The van der Waals surface area contributed by atoms with Crippen LogP contribution >= 0.6 is 0 Å². The summed E-state index contributed by atoms with van der Waals surface area (Å²) in [6.07, 6.45) is 5.32. The highest BCUT2D eigenvalue weighted by atomic mass is 15.0. The van der Waals surface area contributed by atoms with Gasteiger partial charge in [0.15, 0.2) is 0 Å². The molecule has 2 heteroatoms. The number of aryl methyl sites for hydroxylation is 3. The zero-order valence-electron chi connectivity index (χ0n) is 13.1. The maximum atomic E-state index is 4.82. The van der Waals surface area contributed by atoms with Crippen LogP contribution in [0.3, 0.4) is 0 Å². The zero-order chi connectivity index (χ0) is 14.8. The molecule has 0 aliphatic heterocycles. The molecule has 0 aliphatic carbocycles. The second-order valence-corrected chi connectivity index (χ2v) is 5.85. The van der Waals surface area contributed by atoms with Crippen molar-refractivity contribution >= 4 is 5.65 Å². The number of rotatable bonds is 4. The standard InChI is InChI=1S/C19H22N2/c1-4-5-17-18(12-16-9-6-14(2)7-10-16)21-13-15(3)8-11-19(21)20-17/h6-11,13H,4-5,12H2,1-3H3. The quantitative estimate of drug-likeness (QED) is 0.687. The molecular weight excluding hydrogens is 256 g/mol. The molecule has 108 valence electrons. The molecule has 0 radical (unpaired) electrons. The number of imidazole rings is 1. The summed E-state index contributed by atoms with van der Waals surface area (Å²) < 4.78 is 2.26. The van der Waals surface area contributed by atoms with Crippen molar-refractivity contribution in [3.63, 3.8) is 0 Å². The fourth-order valence-corrected chi connectivity index (χ4v) is 2.77. The topological polar surface area (TPSA) is 17.3 Å². The van der Waals surface area contributed by atoms with Crippen LogP contribution in [-0.2, 0) is 12.8 Å². The average molecular weight is 278 g/mol. The normalized spacial score (nSPS) is 11.2. The lowest BCUT2D eigenvalue weighted by Crippen LogP contribution is -1.99. The van der Waals surface area contributed by atoms with Gasteiger partial charge in [0, 0.05) is 12.6 Å². The van der Waals surface area contributed by atoms with Gasteiger partial charge in [-0.2, -0.15) is 0 Å². The predicted molar refractivity (Wildman–Crippen MR) is 87.9 cm³/mol. The van der Waals surface area contributed by atoms with Gasteiger partial charge in [-0.15, -0.1) is 0 Å². The van der Waals surface area contributed by atoms with E-state index in [9.17, 15) is 0 Å². The minimum Gasteiger partial charge on any atom is -0.303 e. The minimum absolute atomic E-state index is 0.945. The number of pyridine rings is 1. The maximum Gasteiger partial charge on any atom is 0.137 e. The summed E-state index contributed by atoms with van der Waals surface area (Å²) in [5.74, 6) is 0. The third-order valence-electron chi connectivity index (χ3n) is 3.93. The SMILES string of the molecule is CCCc1nc2ccc(C)cn2c1Cc1ccc(C)cc1. The molecule has 3 aromatic rings. The Morgan fingerprint density at radius 2 is 1.67 bits per heavy atom. The van der Waals surface area contributed by atoms with E-state index in [0.717, 1.165) is 24.9 Å². The largest absolute Gasteiger partial charge is 0.303 e. The predicted octanol–water partition coefficient (Wildman–Crippen LogP) is 4.49. The first-order chi connectivity index (χ1) is 10.2. The van der Waals surface area contributed by atoms with E-state index in [1.807, 2.05) is 0 Å². The molecule has 21 heavy (non-hydrogen) atoms. The monoisotopic (exact) mass is 278 g/mol. The summed E-state index contributed by atoms with van der Waals surface area (Å²) in [5.41, 5.74) is 7.56. The Hall–Kier alpha value is -2.09. The second kappa shape index (κ2) is 5.72. The number of fused-ring (bicyclic) bond motifs is 1. The molecule has 0 N–H and O–H groups in total. The second-order valence-electron chi connectivity index (χ2n) is 5.85. The molecule has 2 aromatic heterocycles. The zero-order valence-corrected chi connectivity index (χ0v) is 13.1. The molecule has 0 saturated carbocycles. The van der Waals surface area contributed by atoms with Gasteiger partial charge in [0.25, 0.3) is 0 Å². The van der Waals surface area contributed by atoms with Crippen LogP contribution in [0.4, 0.5) is 0 Å². The summed E-state index contributed by atoms with van der Waals surface area (Å²) in [6, 6.07) is 13.1. The van der Waals surface area contributed by atoms with Gasteiger partial charge in [-0.25, -0.2) is 4.98 Å². The Bertz CT molecular complexity index is 751. The van der Waals surface area contributed by atoms with Crippen LogP contribution in [0.15, 0.2) is 42.6 Å².